The smallest absolute Gasteiger partial charge is 0.0551 e. The molecule has 1 unspecified atom stereocenters. The molecule has 17 heavy (non-hydrogen) atoms. The minimum absolute atomic E-state index is 0.403. The highest BCUT2D eigenvalue weighted by atomic mass is 79.9. The van der Waals surface area contributed by atoms with Crippen LogP contribution in [0.5, 0.6) is 0 Å². The average molecular weight is 319 g/mol. The summed E-state index contributed by atoms with van der Waals surface area (Å²) in [6, 6.07) is 6.63. The first-order valence-electron chi connectivity index (χ1n) is 6.23. The van der Waals surface area contributed by atoms with E-state index >= 15 is 0 Å². The molecule has 0 bridgehead atoms. The zero-order valence-electron chi connectivity index (χ0n) is 10.8. The van der Waals surface area contributed by atoms with E-state index in [0.29, 0.717) is 12.0 Å². The Morgan fingerprint density at radius 1 is 1.35 bits per heavy atom. The molecule has 1 rings (SSSR count). The molecular weight excluding hydrogens is 298 g/mol. The third kappa shape index (κ3) is 4.99. The molecule has 0 aliphatic heterocycles. The van der Waals surface area contributed by atoms with Crippen LogP contribution < -0.4 is 5.32 Å². The summed E-state index contributed by atoms with van der Waals surface area (Å²) in [5, 5.41) is 4.38. The summed E-state index contributed by atoms with van der Waals surface area (Å²) >= 11 is 9.58. The molecule has 0 spiro atoms. The maximum atomic E-state index is 6.15. The lowest BCUT2D eigenvalue weighted by Gasteiger charge is -2.21. The van der Waals surface area contributed by atoms with E-state index in [2.05, 4.69) is 54.2 Å². The van der Waals surface area contributed by atoms with Crippen LogP contribution >= 0.6 is 27.5 Å². The highest BCUT2D eigenvalue weighted by molar-refractivity contribution is 9.10. The molecular formula is C14H21BrClN. The van der Waals surface area contributed by atoms with Crippen LogP contribution in [0.3, 0.4) is 0 Å². The Morgan fingerprint density at radius 3 is 2.59 bits per heavy atom. The lowest BCUT2D eigenvalue weighted by atomic mass is 9.97. The fraction of sp³-hybridized carbons (Fsp3) is 0.571. The van der Waals surface area contributed by atoms with E-state index in [0.717, 1.165) is 28.9 Å². The van der Waals surface area contributed by atoms with Crippen molar-refractivity contribution in [2.75, 3.05) is 6.54 Å². The topological polar surface area (TPSA) is 12.0 Å². The molecule has 0 amide bonds. The fourth-order valence-corrected chi connectivity index (χ4v) is 2.29. The Kier molecular flexibility index (Phi) is 6.53. The van der Waals surface area contributed by atoms with Crippen LogP contribution in [-0.2, 0) is 0 Å². The second-order valence-corrected chi connectivity index (χ2v) is 6.07. The highest BCUT2D eigenvalue weighted by Gasteiger charge is 2.13. The second kappa shape index (κ2) is 7.40. The Bertz CT molecular complexity index is 352. The molecule has 3 heteroatoms. The summed E-state index contributed by atoms with van der Waals surface area (Å²) in [5.74, 6) is 0.673. The van der Waals surface area contributed by atoms with Crippen molar-refractivity contribution in [3.63, 3.8) is 0 Å². The van der Waals surface area contributed by atoms with Crippen LogP contribution in [0, 0.1) is 5.92 Å². The Hall–Kier alpha value is -0.0500. The Labute approximate surface area is 118 Å². The van der Waals surface area contributed by atoms with Crippen LogP contribution in [0.1, 0.15) is 45.2 Å². The molecule has 0 aromatic heterocycles. The van der Waals surface area contributed by atoms with Crippen molar-refractivity contribution in [1.29, 1.82) is 0 Å². The predicted octanol–water partition coefficient (Wildman–Crippen LogP) is 5.19. The van der Waals surface area contributed by atoms with E-state index in [9.17, 15) is 0 Å². The van der Waals surface area contributed by atoms with Gasteiger partial charge < -0.3 is 5.32 Å². The predicted molar refractivity (Wildman–Crippen MR) is 79.6 cm³/mol. The van der Waals surface area contributed by atoms with Gasteiger partial charge in [-0.15, -0.1) is 0 Å². The number of rotatable bonds is 6. The van der Waals surface area contributed by atoms with Crippen molar-refractivity contribution in [3.8, 4) is 0 Å². The minimum atomic E-state index is 0.403. The van der Waals surface area contributed by atoms with Gasteiger partial charge in [0.1, 0.15) is 0 Å². The Morgan fingerprint density at radius 2 is 2.06 bits per heavy atom. The first-order valence-corrected chi connectivity index (χ1v) is 7.40. The van der Waals surface area contributed by atoms with Gasteiger partial charge in [-0.1, -0.05) is 38.4 Å². The summed E-state index contributed by atoms with van der Waals surface area (Å²) < 4.78 is 0.960. The molecule has 96 valence electrons. The van der Waals surface area contributed by atoms with Gasteiger partial charge in [-0.3, -0.25) is 0 Å². The van der Waals surface area contributed by atoms with E-state index in [4.69, 9.17) is 11.6 Å². The molecule has 0 aliphatic rings. The Balaban J connectivity index is 2.83. The van der Waals surface area contributed by atoms with E-state index in [1.807, 2.05) is 6.07 Å². The van der Waals surface area contributed by atoms with Gasteiger partial charge >= 0.3 is 0 Å². The van der Waals surface area contributed by atoms with Crippen molar-refractivity contribution in [1.82, 2.24) is 5.32 Å². The number of halogens is 2. The molecule has 1 aromatic rings. The second-order valence-electron chi connectivity index (χ2n) is 4.81. The van der Waals surface area contributed by atoms with Gasteiger partial charge in [-0.05, 0) is 58.9 Å². The van der Waals surface area contributed by atoms with Gasteiger partial charge in [-0.25, -0.2) is 0 Å². The zero-order chi connectivity index (χ0) is 12.8. The molecule has 0 radical (unpaired) electrons. The summed E-state index contributed by atoms with van der Waals surface area (Å²) in [6.07, 6.45) is 2.29. The van der Waals surface area contributed by atoms with Gasteiger partial charge in [0, 0.05) is 10.5 Å². The van der Waals surface area contributed by atoms with E-state index < -0.39 is 0 Å². The molecule has 0 saturated carbocycles. The van der Waals surface area contributed by atoms with Crippen LogP contribution in [0.25, 0.3) is 0 Å². The van der Waals surface area contributed by atoms with Gasteiger partial charge in [0.25, 0.3) is 0 Å². The number of benzene rings is 1. The largest absolute Gasteiger partial charge is 0.310 e. The summed E-state index contributed by atoms with van der Waals surface area (Å²) in [6.45, 7) is 7.74. The number of hydrogen-bond acceptors (Lipinski definition) is 1. The number of nitrogens with one attached hydrogen (secondary N) is 1. The maximum absolute atomic E-state index is 6.15. The maximum Gasteiger partial charge on any atom is 0.0551 e. The quantitative estimate of drug-likeness (QED) is 0.761. The van der Waals surface area contributed by atoms with E-state index in [-0.39, 0.29) is 0 Å². The molecule has 1 nitrogen and oxygen atoms in total. The number of hydrogen-bond donors (Lipinski definition) is 1. The third-order valence-corrected chi connectivity index (χ3v) is 3.93. The van der Waals surface area contributed by atoms with E-state index in [1.54, 1.807) is 0 Å². The summed E-state index contributed by atoms with van der Waals surface area (Å²) in [7, 11) is 0. The normalized spacial score (nSPS) is 13.1. The van der Waals surface area contributed by atoms with Gasteiger partial charge in [-0.2, -0.15) is 0 Å². The molecule has 1 N–H and O–H groups in total. The molecule has 0 heterocycles. The lowest BCUT2D eigenvalue weighted by Crippen LogP contribution is -2.23. The summed E-state index contributed by atoms with van der Waals surface area (Å²) in [4.78, 5) is 0. The highest BCUT2D eigenvalue weighted by Crippen LogP contribution is 2.28. The van der Waals surface area contributed by atoms with Crippen molar-refractivity contribution < 1.29 is 0 Å². The molecule has 0 fully saturated rings. The van der Waals surface area contributed by atoms with Gasteiger partial charge in [0.05, 0.1) is 5.02 Å². The first-order chi connectivity index (χ1) is 8.04. The van der Waals surface area contributed by atoms with Crippen LogP contribution in [0.15, 0.2) is 22.7 Å². The lowest BCUT2D eigenvalue weighted by molar-refractivity contribution is 0.430. The molecule has 0 saturated heterocycles. The third-order valence-electron chi connectivity index (χ3n) is 2.69. The first kappa shape index (κ1) is 15.0. The van der Waals surface area contributed by atoms with Crippen molar-refractivity contribution in [2.24, 2.45) is 5.92 Å². The van der Waals surface area contributed by atoms with Gasteiger partial charge in [0.2, 0.25) is 0 Å². The molecule has 1 atom stereocenters. The van der Waals surface area contributed by atoms with Crippen molar-refractivity contribution in [2.45, 2.75) is 39.7 Å². The SMILES string of the molecule is CCCNC(CC(C)C)c1ccc(Br)c(Cl)c1. The van der Waals surface area contributed by atoms with Crippen molar-refractivity contribution >= 4 is 27.5 Å². The van der Waals surface area contributed by atoms with Crippen LogP contribution in [0.2, 0.25) is 5.02 Å². The van der Waals surface area contributed by atoms with Crippen molar-refractivity contribution in [3.05, 3.63) is 33.3 Å². The standard InChI is InChI=1S/C14H21BrClN/c1-4-7-17-14(8-10(2)3)11-5-6-12(15)13(16)9-11/h5-6,9-10,14,17H,4,7-8H2,1-3H3. The van der Waals surface area contributed by atoms with E-state index in [1.165, 1.54) is 5.56 Å². The fourth-order valence-electron chi connectivity index (χ4n) is 1.86. The van der Waals surface area contributed by atoms with Crippen LogP contribution in [0.4, 0.5) is 0 Å². The summed E-state index contributed by atoms with van der Waals surface area (Å²) in [5.41, 5.74) is 1.28. The molecule has 1 aromatic carbocycles. The minimum Gasteiger partial charge on any atom is -0.310 e. The zero-order valence-corrected chi connectivity index (χ0v) is 13.1. The monoisotopic (exact) mass is 317 g/mol. The average Bonchev–Trinajstić information content (AvgIpc) is 2.27. The van der Waals surface area contributed by atoms with Gasteiger partial charge in [0.15, 0.2) is 0 Å². The molecule has 0 aliphatic carbocycles. The van der Waals surface area contributed by atoms with Crippen LogP contribution in [-0.4, -0.2) is 6.54 Å².